The summed E-state index contributed by atoms with van der Waals surface area (Å²) in [5.41, 5.74) is 0.104. The van der Waals surface area contributed by atoms with E-state index in [2.05, 4.69) is 4.98 Å². The van der Waals surface area contributed by atoms with Crippen molar-refractivity contribution >= 4 is 22.6 Å². The lowest BCUT2D eigenvalue weighted by Gasteiger charge is -1.96. The molecule has 4 heteroatoms. The minimum absolute atomic E-state index is 0.104. The summed E-state index contributed by atoms with van der Waals surface area (Å²) in [5.74, 6) is -0.456. The summed E-state index contributed by atoms with van der Waals surface area (Å²) in [6.45, 7) is -0.345. The van der Waals surface area contributed by atoms with E-state index in [1.807, 2.05) is 22.6 Å². The predicted octanol–water partition coefficient (Wildman–Crippen LogP) is 1.32. The summed E-state index contributed by atoms with van der Waals surface area (Å²) in [6.07, 6.45) is 0. The Morgan fingerprint density at radius 3 is 2.80 bits per heavy atom. The van der Waals surface area contributed by atoms with Crippen molar-refractivity contribution in [3.63, 3.8) is 0 Å². The zero-order valence-electron chi connectivity index (χ0n) is 5.01. The zero-order chi connectivity index (χ0) is 7.56. The molecule has 0 atom stereocenters. The molecule has 0 spiro atoms. The molecule has 0 amide bonds. The van der Waals surface area contributed by atoms with Crippen LogP contribution in [0.15, 0.2) is 12.1 Å². The van der Waals surface area contributed by atoms with Crippen LogP contribution in [0.2, 0.25) is 0 Å². The first-order valence-electron chi connectivity index (χ1n) is 2.66. The number of pyridine rings is 1. The van der Waals surface area contributed by atoms with Gasteiger partial charge in [0.15, 0.2) is 0 Å². The normalized spacial score (nSPS) is 9.90. The third kappa shape index (κ3) is 1.63. The lowest BCUT2D eigenvalue weighted by Crippen LogP contribution is -1.95. The molecule has 0 fully saturated rings. The predicted molar refractivity (Wildman–Crippen MR) is 42.8 cm³/mol. The molecule has 1 heterocycles. The van der Waals surface area contributed by atoms with E-state index in [1.54, 1.807) is 6.07 Å². The van der Waals surface area contributed by atoms with Gasteiger partial charge in [-0.3, -0.25) is 0 Å². The van der Waals surface area contributed by atoms with Crippen molar-refractivity contribution in [3.05, 3.63) is 27.3 Å². The summed E-state index contributed by atoms with van der Waals surface area (Å²) in [7, 11) is 0. The first-order chi connectivity index (χ1) is 4.74. The molecule has 0 aliphatic carbocycles. The first-order valence-corrected chi connectivity index (χ1v) is 3.73. The van der Waals surface area contributed by atoms with E-state index in [1.165, 1.54) is 6.07 Å². The smallest absolute Gasteiger partial charge is 0.147 e. The summed E-state index contributed by atoms with van der Waals surface area (Å²) in [4.78, 5) is 3.75. The number of hydrogen-bond acceptors (Lipinski definition) is 2. The van der Waals surface area contributed by atoms with Gasteiger partial charge in [-0.1, -0.05) is 0 Å². The topological polar surface area (TPSA) is 33.1 Å². The lowest BCUT2D eigenvalue weighted by molar-refractivity contribution is 0.269. The van der Waals surface area contributed by atoms with Gasteiger partial charge in [-0.25, -0.2) is 9.37 Å². The van der Waals surface area contributed by atoms with Crippen LogP contribution in [0, 0.1) is 9.52 Å². The Hall–Kier alpha value is -0.230. The van der Waals surface area contributed by atoms with Gasteiger partial charge in [-0.15, -0.1) is 0 Å². The Balaban J connectivity index is 3.09. The summed E-state index contributed by atoms with van der Waals surface area (Å²) < 4.78 is 13.2. The van der Waals surface area contributed by atoms with Crippen LogP contribution in [-0.2, 0) is 6.61 Å². The molecule has 2 nitrogen and oxygen atoms in total. The van der Waals surface area contributed by atoms with Crippen LogP contribution in [0.25, 0.3) is 0 Å². The van der Waals surface area contributed by atoms with Crippen molar-refractivity contribution in [2.24, 2.45) is 0 Å². The number of aliphatic hydroxyl groups excluding tert-OH is 1. The molecule has 0 saturated heterocycles. The van der Waals surface area contributed by atoms with Gasteiger partial charge in [-0.05, 0) is 34.7 Å². The molecule has 10 heavy (non-hydrogen) atoms. The van der Waals surface area contributed by atoms with Crippen LogP contribution < -0.4 is 0 Å². The highest BCUT2D eigenvalue weighted by atomic mass is 127. The fourth-order valence-corrected chi connectivity index (χ4v) is 1.04. The maximum atomic E-state index is 12.5. The van der Waals surface area contributed by atoms with E-state index in [4.69, 9.17) is 5.11 Å². The van der Waals surface area contributed by atoms with Gasteiger partial charge in [0.05, 0.1) is 6.61 Å². The van der Waals surface area contributed by atoms with E-state index in [-0.39, 0.29) is 12.3 Å². The van der Waals surface area contributed by atoms with Crippen LogP contribution in [-0.4, -0.2) is 10.1 Å². The molecule has 1 rings (SSSR count). The molecule has 54 valence electrons. The molecule has 1 aromatic heterocycles. The molecule has 1 aromatic rings. The van der Waals surface area contributed by atoms with Crippen LogP contribution in [0.4, 0.5) is 4.39 Å². The van der Waals surface area contributed by atoms with E-state index in [9.17, 15) is 4.39 Å². The molecule has 0 aliphatic rings. The maximum absolute atomic E-state index is 12.5. The quantitative estimate of drug-likeness (QED) is 0.604. The molecule has 0 radical (unpaired) electrons. The standard InChI is InChI=1S/C6H5FINO/c7-4-1-2-6(8)9-5(4)3-10/h1-2,10H,3H2. The third-order valence-electron chi connectivity index (χ3n) is 1.03. The number of aliphatic hydroxyl groups is 1. The zero-order valence-corrected chi connectivity index (χ0v) is 7.17. The summed E-state index contributed by atoms with van der Waals surface area (Å²) in [5, 5.41) is 8.54. The van der Waals surface area contributed by atoms with Gasteiger partial charge >= 0.3 is 0 Å². The SMILES string of the molecule is OCc1nc(I)ccc1F. The summed E-state index contributed by atoms with van der Waals surface area (Å²) in [6, 6.07) is 2.84. The van der Waals surface area contributed by atoms with Gasteiger partial charge in [0.1, 0.15) is 15.2 Å². The number of nitrogens with zero attached hydrogens (tertiary/aromatic N) is 1. The van der Waals surface area contributed by atoms with Gasteiger partial charge in [-0.2, -0.15) is 0 Å². The van der Waals surface area contributed by atoms with Gasteiger partial charge in [0.25, 0.3) is 0 Å². The molecule has 1 N–H and O–H groups in total. The number of aromatic nitrogens is 1. The molecule has 0 aliphatic heterocycles. The Kier molecular flexibility index (Phi) is 2.56. The fourth-order valence-electron chi connectivity index (χ4n) is 0.569. The minimum atomic E-state index is -0.456. The maximum Gasteiger partial charge on any atom is 0.147 e. The Labute approximate surface area is 71.2 Å². The third-order valence-corrected chi connectivity index (χ3v) is 1.64. The average Bonchev–Trinajstić information content (AvgIpc) is 1.94. The van der Waals surface area contributed by atoms with Crippen LogP contribution in [0.5, 0.6) is 0 Å². The molecule has 0 bridgehead atoms. The van der Waals surface area contributed by atoms with Crippen molar-refractivity contribution in [1.29, 1.82) is 0 Å². The second kappa shape index (κ2) is 3.25. The van der Waals surface area contributed by atoms with Gasteiger partial charge in [0.2, 0.25) is 0 Å². The Morgan fingerprint density at radius 1 is 1.60 bits per heavy atom. The van der Waals surface area contributed by atoms with E-state index < -0.39 is 5.82 Å². The summed E-state index contributed by atoms with van der Waals surface area (Å²) >= 11 is 1.96. The highest BCUT2D eigenvalue weighted by molar-refractivity contribution is 14.1. The van der Waals surface area contributed by atoms with Crippen LogP contribution >= 0.6 is 22.6 Å². The van der Waals surface area contributed by atoms with Gasteiger partial charge in [0, 0.05) is 0 Å². The van der Waals surface area contributed by atoms with E-state index in [0.717, 1.165) is 0 Å². The molecule has 0 aromatic carbocycles. The fraction of sp³-hybridized carbons (Fsp3) is 0.167. The molecule has 0 saturated carbocycles. The Bertz CT molecular complexity index is 241. The first kappa shape index (κ1) is 7.87. The number of hydrogen-bond donors (Lipinski definition) is 1. The van der Waals surface area contributed by atoms with Crippen molar-refractivity contribution in [1.82, 2.24) is 4.98 Å². The van der Waals surface area contributed by atoms with Gasteiger partial charge < -0.3 is 5.11 Å². The largest absolute Gasteiger partial charge is 0.390 e. The number of rotatable bonds is 1. The van der Waals surface area contributed by atoms with Crippen molar-refractivity contribution in [2.75, 3.05) is 0 Å². The van der Waals surface area contributed by atoms with E-state index in [0.29, 0.717) is 3.70 Å². The monoisotopic (exact) mass is 253 g/mol. The van der Waals surface area contributed by atoms with Crippen LogP contribution in [0.1, 0.15) is 5.69 Å². The Morgan fingerprint density at radius 2 is 2.30 bits per heavy atom. The lowest BCUT2D eigenvalue weighted by atomic mass is 10.3. The number of halogens is 2. The second-order valence-electron chi connectivity index (χ2n) is 1.72. The van der Waals surface area contributed by atoms with Crippen molar-refractivity contribution in [3.8, 4) is 0 Å². The molecule has 0 unspecified atom stereocenters. The molecular formula is C6H5FINO. The highest BCUT2D eigenvalue weighted by Gasteiger charge is 2.00. The van der Waals surface area contributed by atoms with E-state index >= 15 is 0 Å². The second-order valence-corrected chi connectivity index (χ2v) is 2.83. The van der Waals surface area contributed by atoms with Crippen molar-refractivity contribution in [2.45, 2.75) is 6.61 Å². The molecular weight excluding hydrogens is 248 g/mol. The average molecular weight is 253 g/mol. The highest BCUT2D eigenvalue weighted by Crippen LogP contribution is 2.06. The minimum Gasteiger partial charge on any atom is -0.390 e. The van der Waals surface area contributed by atoms with Crippen molar-refractivity contribution < 1.29 is 9.50 Å². The van der Waals surface area contributed by atoms with Crippen LogP contribution in [0.3, 0.4) is 0 Å².